The van der Waals surface area contributed by atoms with E-state index in [9.17, 15) is 26.8 Å². The number of sulfonamides is 1. The van der Waals surface area contributed by atoms with Crippen molar-refractivity contribution in [2.75, 3.05) is 30.0 Å². The van der Waals surface area contributed by atoms with Crippen LogP contribution in [0.2, 0.25) is 10.0 Å². The Morgan fingerprint density at radius 2 is 1.79 bits per heavy atom. The number of nitrogens with one attached hydrogen (secondary N) is 2. The fraction of sp³-hybridized carbons (Fsp3) is 0.450. The standard InChI is InChI=1S/C11H10Cl2F2N4O3S.C9H16N4OS/c1-5-16-19(11(20)18(5)10(14)15)9-4-8(17-23(2,21)22)6(12)3-7(9)13;1-9(2,3)6-11-12-8(15-6)13(5)7(14)10-4/h3-4,10,17H,1-2H3;1-5H3,(H,10,14). The molecule has 38 heavy (non-hydrogen) atoms. The fourth-order valence-electron chi connectivity index (χ4n) is 2.74. The molecule has 0 aliphatic carbocycles. The zero-order chi connectivity index (χ0) is 29.2. The zero-order valence-corrected chi connectivity index (χ0v) is 24.5. The molecule has 18 heteroatoms. The molecule has 2 heterocycles. The number of carbonyl (C=O) groups is 1. The lowest BCUT2D eigenvalue weighted by atomic mass is 9.98. The summed E-state index contributed by atoms with van der Waals surface area (Å²) in [6.45, 7) is 4.35. The summed E-state index contributed by atoms with van der Waals surface area (Å²) in [7, 11) is -0.388. The third-order valence-corrected chi connectivity index (χ3v) is 7.23. The highest BCUT2D eigenvalue weighted by atomic mass is 35.5. The van der Waals surface area contributed by atoms with Gasteiger partial charge in [-0.15, -0.1) is 15.3 Å². The summed E-state index contributed by atoms with van der Waals surface area (Å²) >= 11 is 13.3. The molecule has 0 atom stereocenters. The van der Waals surface area contributed by atoms with Crippen LogP contribution in [0.4, 0.5) is 24.4 Å². The van der Waals surface area contributed by atoms with E-state index in [1.807, 2.05) is 0 Å². The largest absolute Gasteiger partial charge is 0.355 e. The Morgan fingerprint density at radius 1 is 1.18 bits per heavy atom. The van der Waals surface area contributed by atoms with Crippen LogP contribution in [0.5, 0.6) is 0 Å². The first-order chi connectivity index (χ1) is 17.4. The topological polar surface area (TPSA) is 144 Å². The number of nitrogens with zero attached hydrogens (tertiary/aromatic N) is 6. The number of benzene rings is 1. The highest BCUT2D eigenvalue weighted by Crippen LogP contribution is 2.32. The second-order valence-corrected chi connectivity index (χ2v) is 12.3. The number of hydrogen-bond acceptors (Lipinski definition) is 8. The van der Waals surface area contributed by atoms with Crippen molar-refractivity contribution in [2.24, 2.45) is 0 Å². The summed E-state index contributed by atoms with van der Waals surface area (Å²) in [5.41, 5.74) is -1.30. The maximum atomic E-state index is 12.8. The molecule has 0 fully saturated rings. The molecular formula is C20H26Cl2F2N8O4S2. The van der Waals surface area contributed by atoms with E-state index in [0.29, 0.717) is 9.81 Å². The fourth-order valence-corrected chi connectivity index (χ4v) is 4.74. The SMILES string of the molecule is CNC(=O)N(C)c1nnc(C(C)(C)C)s1.Cc1nn(-c2cc(NS(C)(=O)=O)c(Cl)cc2Cl)c(=O)n1C(F)F. The van der Waals surface area contributed by atoms with Crippen molar-refractivity contribution in [2.45, 2.75) is 39.7 Å². The number of carbonyl (C=O) groups excluding carboxylic acids is 1. The third kappa shape index (κ3) is 7.61. The molecule has 210 valence electrons. The normalized spacial score (nSPS) is 11.7. The van der Waals surface area contributed by atoms with Gasteiger partial charge in [0.05, 0.1) is 27.7 Å². The molecule has 0 bridgehead atoms. The van der Waals surface area contributed by atoms with Crippen LogP contribution in [0.3, 0.4) is 0 Å². The number of anilines is 2. The Bertz CT molecular complexity index is 1480. The Hall–Kier alpha value is -2.82. The number of hydrogen-bond donors (Lipinski definition) is 2. The zero-order valence-electron chi connectivity index (χ0n) is 21.4. The third-order valence-electron chi connectivity index (χ3n) is 4.60. The van der Waals surface area contributed by atoms with Gasteiger partial charge >= 0.3 is 18.3 Å². The van der Waals surface area contributed by atoms with Crippen LogP contribution in [0.1, 0.15) is 38.2 Å². The first-order valence-corrected chi connectivity index (χ1v) is 14.1. The number of halogens is 4. The number of alkyl halides is 2. The van der Waals surface area contributed by atoms with Crippen molar-refractivity contribution in [1.29, 1.82) is 0 Å². The molecule has 2 aromatic heterocycles. The van der Waals surface area contributed by atoms with Crippen LogP contribution in [-0.4, -0.2) is 59.3 Å². The summed E-state index contributed by atoms with van der Waals surface area (Å²) in [5.74, 6) is -0.228. The van der Waals surface area contributed by atoms with E-state index in [1.165, 1.54) is 29.2 Å². The summed E-state index contributed by atoms with van der Waals surface area (Å²) < 4.78 is 51.3. The lowest BCUT2D eigenvalue weighted by molar-refractivity contribution is 0.0640. The predicted octanol–water partition coefficient (Wildman–Crippen LogP) is 4.03. The highest BCUT2D eigenvalue weighted by molar-refractivity contribution is 7.92. The lowest BCUT2D eigenvalue weighted by Crippen LogP contribution is -2.34. The van der Waals surface area contributed by atoms with Gasteiger partial charge in [-0.3, -0.25) is 9.62 Å². The van der Waals surface area contributed by atoms with Gasteiger partial charge in [-0.25, -0.2) is 22.6 Å². The van der Waals surface area contributed by atoms with E-state index in [0.717, 1.165) is 17.3 Å². The van der Waals surface area contributed by atoms with Crippen LogP contribution in [-0.2, 0) is 15.4 Å². The minimum atomic E-state index is -3.65. The van der Waals surface area contributed by atoms with Gasteiger partial charge in [-0.1, -0.05) is 55.3 Å². The molecule has 0 unspecified atom stereocenters. The second-order valence-electron chi connectivity index (χ2n) is 8.80. The first-order valence-electron chi connectivity index (χ1n) is 10.6. The van der Waals surface area contributed by atoms with Crippen molar-refractivity contribution in [3.05, 3.63) is 43.5 Å². The van der Waals surface area contributed by atoms with Crippen molar-refractivity contribution < 1.29 is 22.0 Å². The minimum absolute atomic E-state index is 0.0257. The predicted molar refractivity (Wildman–Crippen MR) is 144 cm³/mol. The molecule has 0 saturated heterocycles. The lowest BCUT2D eigenvalue weighted by Gasteiger charge is -2.13. The molecule has 0 aliphatic heterocycles. The van der Waals surface area contributed by atoms with Gasteiger partial charge < -0.3 is 5.32 Å². The summed E-state index contributed by atoms with van der Waals surface area (Å²) in [5, 5.41) is 15.8. The highest BCUT2D eigenvalue weighted by Gasteiger charge is 2.23. The van der Waals surface area contributed by atoms with Crippen molar-refractivity contribution in [1.82, 2.24) is 29.9 Å². The quantitative estimate of drug-likeness (QED) is 0.441. The smallest absolute Gasteiger partial charge is 0.341 e. The van der Waals surface area contributed by atoms with E-state index in [1.54, 1.807) is 14.1 Å². The number of amides is 2. The Balaban J connectivity index is 0.000000293. The summed E-state index contributed by atoms with van der Waals surface area (Å²) in [6, 6.07) is 2.12. The average Bonchev–Trinajstić information content (AvgIpc) is 3.39. The Kier molecular flexibility index (Phi) is 9.85. The summed E-state index contributed by atoms with van der Waals surface area (Å²) in [4.78, 5) is 24.8. The number of urea groups is 1. The van der Waals surface area contributed by atoms with Gasteiger partial charge in [0.1, 0.15) is 10.8 Å². The average molecular weight is 616 g/mol. The first kappa shape index (κ1) is 31.4. The van der Waals surface area contributed by atoms with Crippen LogP contribution in [0, 0.1) is 6.92 Å². The Labute approximate surface area is 231 Å². The van der Waals surface area contributed by atoms with Crippen LogP contribution >= 0.6 is 34.5 Å². The molecule has 0 aliphatic rings. The monoisotopic (exact) mass is 614 g/mol. The molecule has 12 nitrogen and oxygen atoms in total. The van der Waals surface area contributed by atoms with Gasteiger partial charge in [0.15, 0.2) is 0 Å². The maximum absolute atomic E-state index is 12.8. The minimum Gasteiger partial charge on any atom is -0.341 e. The van der Waals surface area contributed by atoms with Crippen LogP contribution in [0.15, 0.2) is 16.9 Å². The maximum Gasteiger partial charge on any atom is 0.355 e. The van der Waals surface area contributed by atoms with Gasteiger partial charge in [0.2, 0.25) is 15.2 Å². The molecule has 2 amide bonds. The van der Waals surface area contributed by atoms with Gasteiger partial charge in [-0.05, 0) is 19.1 Å². The van der Waals surface area contributed by atoms with E-state index in [4.69, 9.17) is 23.2 Å². The molecule has 0 saturated carbocycles. The van der Waals surface area contributed by atoms with Crippen LogP contribution < -0.4 is 20.6 Å². The second kappa shape index (κ2) is 11.9. The van der Waals surface area contributed by atoms with E-state index >= 15 is 0 Å². The van der Waals surface area contributed by atoms with E-state index in [-0.39, 0.29) is 43.3 Å². The van der Waals surface area contributed by atoms with Gasteiger partial charge in [0, 0.05) is 19.5 Å². The van der Waals surface area contributed by atoms with Crippen molar-refractivity contribution in [3.63, 3.8) is 0 Å². The van der Waals surface area contributed by atoms with E-state index < -0.39 is 22.3 Å². The molecule has 2 N–H and O–H groups in total. The van der Waals surface area contributed by atoms with Crippen LogP contribution in [0.25, 0.3) is 5.69 Å². The summed E-state index contributed by atoms with van der Waals surface area (Å²) in [6.07, 6.45) is 0.902. The molecule has 3 aromatic rings. The molecule has 0 radical (unpaired) electrons. The number of aryl methyl sites for hydroxylation is 1. The molecule has 3 rings (SSSR count). The molecular weight excluding hydrogens is 589 g/mol. The van der Waals surface area contributed by atoms with Crippen molar-refractivity contribution in [3.8, 4) is 5.69 Å². The Morgan fingerprint density at radius 3 is 2.24 bits per heavy atom. The number of rotatable bonds is 5. The molecule has 1 aromatic carbocycles. The van der Waals surface area contributed by atoms with E-state index in [2.05, 4.69) is 46.1 Å². The van der Waals surface area contributed by atoms with Gasteiger partial charge in [0.25, 0.3) is 0 Å². The van der Waals surface area contributed by atoms with Gasteiger partial charge in [-0.2, -0.15) is 13.5 Å². The van der Waals surface area contributed by atoms with Crippen molar-refractivity contribution >= 4 is 61.4 Å². The number of aromatic nitrogens is 5. The molecule has 0 spiro atoms.